The highest BCUT2D eigenvalue weighted by Gasteiger charge is 2.22. The molecular weight excluding hydrogens is 260 g/mol. The molecule has 1 aromatic heterocycles. The molecule has 3 N–H and O–H groups in total. The molecule has 0 aliphatic rings. The van der Waals surface area contributed by atoms with Crippen molar-refractivity contribution in [1.29, 1.82) is 0 Å². The molecular formula is C9H16N4O2S2. The summed E-state index contributed by atoms with van der Waals surface area (Å²) in [4.78, 5) is -0.0296. The molecule has 1 unspecified atom stereocenters. The summed E-state index contributed by atoms with van der Waals surface area (Å²) < 4.78 is 27.5. The Morgan fingerprint density at radius 1 is 1.71 bits per heavy atom. The van der Waals surface area contributed by atoms with Crippen LogP contribution in [0, 0.1) is 0 Å². The van der Waals surface area contributed by atoms with Gasteiger partial charge in [-0.2, -0.15) is 5.10 Å². The maximum absolute atomic E-state index is 11.7. The SMILES string of the molecule is CC(C(N)=S)S(=O)(=O)NCCc1ccnn1C. The molecule has 0 aromatic carbocycles. The van der Waals surface area contributed by atoms with Crippen LogP contribution in [0.1, 0.15) is 12.6 Å². The van der Waals surface area contributed by atoms with Crippen LogP contribution in [0.2, 0.25) is 0 Å². The first-order valence-corrected chi connectivity index (χ1v) is 7.04. The smallest absolute Gasteiger partial charge is 0.220 e. The molecule has 0 bridgehead atoms. The number of hydrogen-bond donors (Lipinski definition) is 2. The van der Waals surface area contributed by atoms with E-state index in [1.807, 2.05) is 13.1 Å². The average molecular weight is 276 g/mol. The molecule has 0 saturated carbocycles. The van der Waals surface area contributed by atoms with Gasteiger partial charge in [-0.3, -0.25) is 4.68 Å². The van der Waals surface area contributed by atoms with Crippen LogP contribution in [0.25, 0.3) is 0 Å². The van der Waals surface area contributed by atoms with Crippen molar-refractivity contribution in [2.24, 2.45) is 12.8 Å². The molecule has 96 valence electrons. The number of nitrogens with two attached hydrogens (primary N) is 1. The van der Waals surface area contributed by atoms with Gasteiger partial charge < -0.3 is 5.73 Å². The van der Waals surface area contributed by atoms with E-state index >= 15 is 0 Å². The molecule has 0 aliphatic heterocycles. The number of aromatic nitrogens is 2. The molecule has 0 amide bonds. The van der Waals surface area contributed by atoms with Gasteiger partial charge in [-0.1, -0.05) is 12.2 Å². The molecule has 0 saturated heterocycles. The third kappa shape index (κ3) is 3.76. The highest BCUT2D eigenvalue weighted by molar-refractivity contribution is 7.93. The fourth-order valence-corrected chi connectivity index (χ4v) is 2.57. The summed E-state index contributed by atoms with van der Waals surface area (Å²) in [5.41, 5.74) is 6.27. The Morgan fingerprint density at radius 2 is 2.35 bits per heavy atom. The van der Waals surface area contributed by atoms with Crippen molar-refractivity contribution in [3.63, 3.8) is 0 Å². The van der Waals surface area contributed by atoms with Crippen molar-refractivity contribution < 1.29 is 8.42 Å². The number of thiocarbonyl (C=S) groups is 1. The molecule has 8 heteroatoms. The first kappa shape index (κ1) is 14.1. The predicted octanol–water partition coefficient (Wildman–Crippen LogP) is -0.443. The Hall–Kier alpha value is -0.990. The van der Waals surface area contributed by atoms with Crippen molar-refractivity contribution in [1.82, 2.24) is 14.5 Å². The summed E-state index contributed by atoms with van der Waals surface area (Å²) in [5, 5.41) is 3.14. The summed E-state index contributed by atoms with van der Waals surface area (Å²) in [6.07, 6.45) is 2.24. The van der Waals surface area contributed by atoms with Gasteiger partial charge in [-0.15, -0.1) is 0 Å². The van der Waals surface area contributed by atoms with Gasteiger partial charge in [-0.25, -0.2) is 13.1 Å². The van der Waals surface area contributed by atoms with Crippen LogP contribution in [0.15, 0.2) is 12.3 Å². The minimum atomic E-state index is -3.47. The van der Waals surface area contributed by atoms with Crippen LogP contribution in [0.5, 0.6) is 0 Å². The molecule has 1 aromatic rings. The van der Waals surface area contributed by atoms with Gasteiger partial charge in [0.15, 0.2) is 0 Å². The topological polar surface area (TPSA) is 90.0 Å². The van der Waals surface area contributed by atoms with Gasteiger partial charge in [0.1, 0.15) is 5.25 Å². The van der Waals surface area contributed by atoms with Crippen LogP contribution in [-0.4, -0.2) is 35.0 Å². The quantitative estimate of drug-likeness (QED) is 0.687. The molecule has 1 rings (SSSR count). The van der Waals surface area contributed by atoms with E-state index in [4.69, 9.17) is 5.73 Å². The molecule has 1 atom stereocenters. The molecule has 6 nitrogen and oxygen atoms in total. The molecule has 1 heterocycles. The fourth-order valence-electron chi connectivity index (χ4n) is 1.25. The van der Waals surface area contributed by atoms with Crippen molar-refractivity contribution in [3.05, 3.63) is 18.0 Å². The number of nitrogens with zero attached hydrogens (tertiary/aromatic N) is 2. The third-order valence-corrected chi connectivity index (χ3v) is 4.77. The van der Waals surface area contributed by atoms with Gasteiger partial charge in [0.25, 0.3) is 0 Å². The van der Waals surface area contributed by atoms with Crippen LogP contribution < -0.4 is 10.5 Å². The normalized spacial score (nSPS) is 13.5. The highest BCUT2D eigenvalue weighted by atomic mass is 32.2. The second kappa shape index (κ2) is 5.56. The zero-order valence-electron chi connectivity index (χ0n) is 9.75. The van der Waals surface area contributed by atoms with Crippen LogP contribution in [0.4, 0.5) is 0 Å². The molecule has 0 radical (unpaired) electrons. The Kier molecular flexibility index (Phi) is 4.61. The lowest BCUT2D eigenvalue weighted by Crippen LogP contribution is -2.40. The number of aryl methyl sites for hydroxylation is 1. The highest BCUT2D eigenvalue weighted by Crippen LogP contribution is 2.00. The Bertz CT molecular complexity index is 495. The zero-order chi connectivity index (χ0) is 13.1. The van der Waals surface area contributed by atoms with Gasteiger partial charge in [0, 0.05) is 31.9 Å². The number of hydrogen-bond acceptors (Lipinski definition) is 4. The van der Waals surface area contributed by atoms with E-state index in [0.29, 0.717) is 13.0 Å². The van der Waals surface area contributed by atoms with Crippen LogP contribution in [0.3, 0.4) is 0 Å². The number of sulfonamides is 1. The average Bonchev–Trinajstić information content (AvgIpc) is 2.63. The number of rotatable bonds is 6. The van der Waals surface area contributed by atoms with E-state index in [1.165, 1.54) is 6.92 Å². The monoisotopic (exact) mass is 276 g/mol. The minimum absolute atomic E-state index is 0.0296. The standard InChI is InChI=1S/C9H16N4O2S2/c1-7(9(10)16)17(14,15)12-6-4-8-3-5-11-13(8)2/h3,5,7,12H,4,6H2,1-2H3,(H2,10,16). The summed E-state index contributed by atoms with van der Waals surface area (Å²) in [6, 6.07) is 1.84. The summed E-state index contributed by atoms with van der Waals surface area (Å²) in [7, 11) is -1.66. The van der Waals surface area contributed by atoms with E-state index in [0.717, 1.165) is 5.69 Å². The summed E-state index contributed by atoms with van der Waals surface area (Å²) in [6.45, 7) is 1.77. The minimum Gasteiger partial charge on any atom is -0.392 e. The van der Waals surface area contributed by atoms with E-state index in [-0.39, 0.29) is 4.99 Å². The third-order valence-electron chi connectivity index (χ3n) is 2.47. The first-order valence-electron chi connectivity index (χ1n) is 5.09. The molecule has 0 fully saturated rings. The lowest BCUT2D eigenvalue weighted by molar-refractivity contribution is 0.576. The van der Waals surface area contributed by atoms with E-state index in [2.05, 4.69) is 22.0 Å². The summed E-state index contributed by atoms with van der Waals surface area (Å²) >= 11 is 4.66. The molecule has 0 aliphatic carbocycles. The van der Waals surface area contributed by atoms with E-state index < -0.39 is 15.3 Å². The van der Waals surface area contributed by atoms with Crippen molar-refractivity contribution in [2.45, 2.75) is 18.6 Å². The molecule has 0 spiro atoms. The zero-order valence-corrected chi connectivity index (χ0v) is 11.4. The first-order chi connectivity index (χ1) is 7.84. The fraction of sp³-hybridized carbons (Fsp3) is 0.556. The Labute approximate surface area is 106 Å². The lowest BCUT2D eigenvalue weighted by atomic mass is 10.3. The maximum Gasteiger partial charge on any atom is 0.220 e. The van der Waals surface area contributed by atoms with Gasteiger partial charge in [0.05, 0.1) is 4.99 Å². The van der Waals surface area contributed by atoms with E-state index in [9.17, 15) is 8.42 Å². The Balaban J connectivity index is 2.52. The van der Waals surface area contributed by atoms with Crippen LogP contribution in [-0.2, 0) is 23.5 Å². The van der Waals surface area contributed by atoms with E-state index in [1.54, 1.807) is 10.9 Å². The van der Waals surface area contributed by atoms with Gasteiger partial charge in [-0.05, 0) is 13.0 Å². The van der Waals surface area contributed by atoms with Gasteiger partial charge in [0.2, 0.25) is 10.0 Å². The van der Waals surface area contributed by atoms with Crippen LogP contribution >= 0.6 is 12.2 Å². The van der Waals surface area contributed by atoms with Crippen molar-refractivity contribution in [2.75, 3.05) is 6.54 Å². The van der Waals surface area contributed by atoms with Gasteiger partial charge >= 0.3 is 0 Å². The predicted molar refractivity (Wildman–Crippen MR) is 70.1 cm³/mol. The lowest BCUT2D eigenvalue weighted by Gasteiger charge is -2.12. The summed E-state index contributed by atoms with van der Waals surface area (Å²) in [5.74, 6) is 0. The van der Waals surface area contributed by atoms with Crippen molar-refractivity contribution >= 4 is 27.2 Å². The second-order valence-electron chi connectivity index (χ2n) is 3.68. The largest absolute Gasteiger partial charge is 0.392 e. The van der Waals surface area contributed by atoms with Crippen molar-refractivity contribution in [3.8, 4) is 0 Å². The number of nitrogens with one attached hydrogen (secondary N) is 1. The second-order valence-corrected chi connectivity index (χ2v) is 6.24. The Morgan fingerprint density at radius 3 is 2.82 bits per heavy atom. The maximum atomic E-state index is 11.7. The molecule has 17 heavy (non-hydrogen) atoms.